The summed E-state index contributed by atoms with van der Waals surface area (Å²) in [6, 6.07) is 3.54. The van der Waals surface area contributed by atoms with Crippen molar-refractivity contribution in [1.29, 1.82) is 0 Å². The standard InChI is InChI=1S/C23H31BFN3O3/c1-22(2)23(3,4)31-24(30-22)17-11-15(14-9-8-10-28(7)13-14)19(25)20-16(17)12-18(26-20)21(29)27(5)6/h9,11-12,26H,8,10,13H2,1-7H3. The number of likely N-dealkylation sites (N-methyl/N-ethyl adjacent to an activating group) is 1. The van der Waals surface area contributed by atoms with Crippen molar-refractivity contribution in [3.8, 4) is 0 Å². The molecule has 4 rings (SSSR count). The minimum Gasteiger partial charge on any atom is -0.399 e. The van der Waals surface area contributed by atoms with E-state index in [1.165, 1.54) is 4.90 Å². The Labute approximate surface area is 183 Å². The third-order valence-corrected chi connectivity index (χ3v) is 6.72. The third kappa shape index (κ3) is 3.71. The number of nitrogens with one attached hydrogen (secondary N) is 1. The second-order valence-corrected chi connectivity index (χ2v) is 9.84. The van der Waals surface area contributed by atoms with E-state index in [2.05, 4.69) is 16.0 Å². The van der Waals surface area contributed by atoms with Crippen LogP contribution in [-0.2, 0) is 9.31 Å². The predicted molar refractivity (Wildman–Crippen MR) is 122 cm³/mol. The summed E-state index contributed by atoms with van der Waals surface area (Å²) in [6.07, 6.45) is 2.96. The molecule has 3 heterocycles. The first kappa shape index (κ1) is 22.1. The number of carbonyl (C=O) groups is 1. The Balaban J connectivity index is 1.92. The maximum absolute atomic E-state index is 15.7. The Hall–Kier alpha value is -2.16. The molecule has 6 nitrogen and oxygen atoms in total. The van der Waals surface area contributed by atoms with Crippen LogP contribution in [0.25, 0.3) is 16.5 Å². The van der Waals surface area contributed by atoms with E-state index in [0.717, 1.165) is 24.0 Å². The third-order valence-electron chi connectivity index (χ3n) is 6.72. The van der Waals surface area contributed by atoms with E-state index in [-0.39, 0.29) is 11.7 Å². The molecule has 2 aliphatic rings. The maximum Gasteiger partial charge on any atom is 0.495 e. The molecule has 166 valence electrons. The van der Waals surface area contributed by atoms with E-state index in [1.807, 2.05) is 40.8 Å². The van der Waals surface area contributed by atoms with Crippen molar-refractivity contribution in [2.75, 3.05) is 34.2 Å². The molecule has 0 spiro atoms. The first-order valence-electron chi connectivity index (χ1n) is 10.7. The summed E-state index contributed by atoms with van der Waals surface area (Å²) >= 11 is 0. The van der Waals surface area contributed by atoms with Gasteiger partial charge in [0.2, 0.25) is 0 Å². The number of aromatic nitrogens is 1. The quantitative estimate of drug-likeness (QED) is 0.766. The zero-order chi connectivity index (χ0) is 22.7. The van der Waals surface area contributed by atoms with Gasteiger partial charge in [0.25, 0.3) is 5.91 Å². The highest BCUT2D eigenvalue weighted by molar-refractivity contribution is 6.65. The number of halogens is 1. The molecule has 2 aromatic rings. The molecule has 0 unspecified atom stereocenters. The van der Waals surface area contributed by atoms with Gasteiger partial charge in [-0.05, 0) is 58.3 Å². The van der Waals surface area contributed by atoms with Crippen LogP contribution < -0.4 is 5.46 Å². The van der Waals surface area contributed by atoms with E-state index in [1.54, 1.807) is 20.2 Å². The first-order chi connectivity index (χ1) is 14.4. The summed E-state index contributed by atoms with van der Waals surface area (Å²) in [5.74, 6) is -0.566. The Morgan fingerprint density at radius 3 is 2.42 bits per heavy atom. The summed E-state index contributed by atoms with van der Waals surface area (Å²) in [7, 11) is 4.72. The second kappa shape index (κ2) is 7.47. The van der Waals surface area contributed by atoms with E-state index < -0.39 is 18.3 Å². The minimum atomic E-state index is -0.660. The van der Waals surface area contributed by atoms with Gasteiger partial charge in [-0.25, -0.2) is 4.39 Å². The van der Waals surface area contributed by atoms with Gasteiger partial charge in [0, 0.05) is 38.1 Å². The highest BCUT2D eigenvalue weighted by atomic mass is 19.1. The lowest BCUT2D eigenvalue weighted by Gasteiger charge is -2.32. The predicted octanol–water partition coefficient (Wildman–Crippen LogP) is 3.03. The molecule has 1 aromatic carbocycles. The van der Waals surface area contributed by atoms with E-state index >= 15 is 4.39 Å². The second-order valence-electron chi connectivity index (χ2n) is 9.84. The topological polar surface area (TPSA) is 57.8 Å². The van der Waals surface area contributed by atoms with Crippen molar-refractivity contribution in [1.82, 2.24) is 14.8 Å². The summed E-state index contributed by atoms with van der Waals surface area (Å²) in [4.78, 5) is 19.2. The van der Waals surface area contributed by atoms with Crippen LogP contribution in [0.5, 0.6) is 0 Å². The average molecular weight is 427 g/mol. The Bertz CT molecular complexity index is 1060. The van der Waals surface area contributed by atoms with Crippen molar-refractivity contribution in [2.45, 2.75) is 45.3 Å². The fourth-order valence-electron chi connectivity index (χ4n) is 4.13. The van der Waals surface area contributed by atoms with Crippen molar-refractivity contribution in [3.05, 3.63) is 35.3 Å². The van der Waals surface area contributed by atoms with Gasteiger partial charge in [0.15, 0.2) is 5.82 Å². The molecule has 2 aliphatic heterocycles. The molecule has 1 fully saturated rings. The molecular weight excluding hydrogens is 396 g/mol. The van der Waals surface area contributed by atoms with Gasteiger partial charge in [0.1, 0.15) is 5.69 Å². The summed E-state index contributed by atoms with van der Waals surface area (Å²) < 4.78 is 28.3. The molecule has 0 aliphatic carbocycles. The number of amides is 1. The molecule has 31 heavy (non-hydrogen) atoms. The van der Waals surface area contributed by atoms with Gasteiger partial charge in [-0.2, -0.15) is 0 Å². The molecule has 8 heteroatoms. The molecule has 1 aromatic heterocycles. The number of hydrogen-bond donors (Lipinski definition) is 1. The molecule has 1 N–H and O–H groups in total. The zero-order valence-corrected chi connectivity index (χ0v) is 19.4. The van der Waals surface area contributed by atoms with Crippen LogP contribution in [-0.4, -0.2) is 73.2 Å². The fraction of sp³-hybridized carbons (Fsp3) is 0.522. The van der Waals surface area contributed by atoms with Crippen LogP contribution >= 0.6 is 0 Å². The lowest BCUT2D eigenvalue weighted by molar-refractivity contribution is 0.00578. The van der Waals surface area contributed by atoms with Gasteiger partial charge in [-0.3, -0.25) is 4.79 Å². The van der Waals surface area contributed by atoms with Gasteiger partial charge in [0.05, 0.1) is 16.7 Å². The van der Waals surface area contributed by atoms with Crippen LogP contribution in [0.1, 0.15) is 50.2 Å². The lowest BCUT2D eigenvalue weighted by atomic mass is 9.75. The number of carbonyl (C=O) groups excluding carboxylic acids is 1. The highest BCUT2D eigenvalue weighted by Gasteiger charge is 2.52. The van der Waals surface area contributed by atoms with Crippen molar-refractivity contribution in [2.24, 2.45) is 0 Å². The number of H-pyrrole nitrogens is 1. The van der Waals surface area contributed by atoms with E-state index in [0.29, 0.717) is 28.7 Å². The largest absolute Gasteiger partial charge is 0.495 e. The number of aromatic amines is 1. The van der Waals surface area contributed by atoms with Crippen LogP contribution in [0, 0.1) is 5.82 Å². The number of fused-ring (bicyclic) bond motifs is 1. The number of nitrogens with zero attached hydrogens (tertiary/aromatic N) is 2. The molecular formula is C23H31BFN3O3. The molecule has 0 atom stereocenters. The zero-order valence-electron chi connectivity index (χ0n) is 19.4. The van der Waals surface area contributed by atoms with Crippen molar-refractivity contribution >= 4 is 35.0 Å². The van der Waals surface area contributed by atoms with Crippen LogP contribution in [0.4, 0.5) is 4.39 Å². The monoisotopic (exact) mass is 427 g/mol. The van der Waals surface area contributed by atoms with Crippen molar-refractivity contribution < 1.29 is 18.5 Å². The molecule has 0 saturated carbocycles. The van der Waals surface area contributed by atoms with Crippen LogP contribution in [0.3, 0.4) is 0 Å². The Morgan fingerprint density at radius 2 is 1.84 bits per heavy atom. The maximum atomic E-state index is 15.7. The van der Waals surface area contributed by atoms with Crippen LogP contribution in [0.2, 0.25) is 0 Å². The van der Waals surface area contributed by atoms with Crippen molar-refractivity contribution in [3.63, 3.8) is 0 Å². The molecule has 0 bridgehead atoms. The van der Waals surface area contributed by atoms with E-state index in [9.17, 15) is 4.79 Å². The normalized spacial score (nSPS) is 20.9. The summed E-state index contributed by atoms with van der Waals surface area (Å²) in [5, 5.41) is 0.606. The smallest absolute Gasteiger partial charge is 0.399 e. The van der Waals surface area contributed by atoms with Gasteiger partial charge in [-0.15, -0.1) is 0 Å². The summed E-state index contributed by atoms with van der Waals surface area (Å²) in [5.41, 5.74) is 1.77. The molecule has 1 amide bonds. The average Bonchev–Trinajstić information content (AvgIpc) is 3.20. The first-order valence-corrected chi connectivity index (χ1v) is 10.7. The molecule has 1 saturated heterocycles. The van der Waals surface area contributed by atoms with Crippen LogP contribution in [0.15, 0.2) is 18.2 Å². The lowest BCUT2D eigenvalue weighted by Crippen LogP contribution is -2.41. The Morgan fingerprint density at radius 1 is 1.19 bits per heavy atom. The summed E-state index contributed by atoms with van der Waals surface area (Å²) in [6.45, 7) is 9.57. The molecule has 0 radical (unpaired) electrons. The fourth-order valence-corrected chi connectivity index (χ4v) is 4.13. The van der Waals surface area contributed by atoms with Gasteiger partial charge in [-0.1, -0.05) is 12.1 Å². The highest BCUT2D eigenvalue weighted by Crippen LogP contribution is 2.38. The number of benzene rings is 1. The SMILES string of the molecule is CN1CCC=C(c2cc(B3OC(C)(C)C(C)(C)O3)c3cc(C(=O)N(C)C)[nH]c3c2F)C1. The minimum absolute atomic E-state index is 0.214. The van der Waals surface area contributed by atoms with E-state index in [4.69, 9.17) is 9.31 Å². The Kier molecular flexibility index (Phi) is 5.31. The number of rotatable bonds is 3. The van der Waals surface area contributed by atoms with Gasteiger partial charge >= 0.3 is 7.12 Å². The number of hydrogen-bond acceptors (Lipinski definition) is 4. The van der Waals surface area contributed by atoms with Gasteiger partial charge < -0.3 is 24.1 Å².